The summed E-state index contributed by atoms with van der Waals surface area (Å²) >= 11 is 0. The fourth-order valence-electron chi connectivity index (χ4n) is 5.51. The first-order chi connectivity index (χ1) is 24.8. The molecule has 0 saturated heterocycles. The van der Waals surface area contributed by atoms with Gasteiger partial charge in [-0.3, -0.25) is 0 Å². The van der Waals surface area contributed by atoms with Gasteiger partial charge >= 0.3 is 11.9 Å². The lowest BCUT2D eigenvalue weighted by Crippen LogP contribution is -2.12. The highest BCUT2D eigenvalue weighted by Crippen LogP contribution is 2.36. The maximum absolute atomic E-state index is 11.9. The largest absolute Gasteiger partial charge is 0.493 e. The molecule has 7 heteroatoms. The average molecular weight is 691 g/mol. The zero-order valence-corrected chi connectivity index (χ0v) is 30.2. The third-order valence-electron chi connectivity index (χ3n) is 8.41. The van der Waals surface area contributed by atoms with Gasteiger partial charge in [0.25, 0.3) is 0 Å². The first-order valence-corrected chi connectivity index (χ1v) is 17.6. The molecule has 0 spiro atoms. The molecular formula is C44H50O7. The minimum Gasteiger partial charge on any atom is -0.493 e. The van der Waals surface area contributed by atoms with Gasteiger partial charge in [-0.15, -0.1) is 0 Å². The Hall–Kier alpha value is -4.98. The highest BCUT2D eigenvalue weighted by Gasteiger charge is 2.12. The molecule has 0 aliphatic rings. The highest BCUT2D eigenvalue weighted by atomic mass is 16.5. The quantitative estimate of drug-likeness (QED) is 0.0490. The Kier molecular flexibility index (Phi) is 15.7. The van der Waals surface area contributed by atoms with Crippen molar-refractivity contribution >= 4 is 11.9 Å². The minimum absolute atomic E-state index is 0.174. The smallest absolute Gasteiger partial charge is 0.335 e. The average Bonchev–Trinajstić information content (AvgIpc) is 3.16. The number of methoxy groups -OCH3 is 2. The molecule has 4 rings (SSSR count). The molecule has 0 aliphatic heterocycles. The second-order valence-corrected chi connectivity index (χ2v) is 12.4. The van der Waals surface area contributed by atoms with Crippen LogP contribution in [0.25, 0.3) is 33.4 Å². The maximum Gasteiger partial charge on any atom is 0.335 e. The first kappa shape index (κ1) is 38.8. The van der Waals surface area contributed by atoms with Gasteiger partial charge in [0.15, 0.2) is 0 Å². The number of carbonyl (C=O) groups excluding carboxylic acids is 2. The number of benzene rings is 4. The standard InChI is InChI=1S/C44H50O7/c1-6-7-26-49-42-29-40(38-18-14-35(15-19-38)11-9-28-51-44(46)33(3)31-48-5)24-25-41(42)39-22-20-37(21-23-39)36-16-12-34(13-17-36)10-8-27-50-43(45)32(2)30-47-4/h12-25,29H,2-3,6-11,26-28,30-31H2,1,4-5H3. The van der Waals surface area contributed by atoms with Crippen molar-refractivity contribution in [3.63, 3.8) is 0 Å². The van der Waals surface area contributed by atoms with Crippen LogP contribution in [0.5, 0.6) is 5.75 Å². The van der Waals surface area contributed by atoms with E-state index in [9.17, 15) is 9.59 Å². The van der Waals surface area contributed by atoms with Crippen molar-refractivity contribution in [2.45, 2.75) is 45.4 Å². The minimum atomic E-state index is -0.411. The van der Waals surface area contributed by atoms with Crippen LogP contribution >= 0.6 is 0 Å². The van der Waals surface area contributed by atoms with Crippen molar-refractivity contribution in [1.82, 2.24) is 0 Å². The summed E-state index contributed by atoms with van der Waals surface area (Å²) < 4.78 is 26.8. The van der Waals surface area contributed by atoms with E-state index in [1.165, 1.54) is 25.3 Å². The van der Waals surface area contributed by atoms with Crippen molar-refractivity contribution in [2.24, 2.45) is 0 Å². The van der Waals surface area contributed by atoms with Crippen LogP contribution in [-0.4, -0.2) is 59.2 Å². The lowest BCUT2D eigenvalue weighted by molar-refractivity contribution is -0.140. The molecule has 0 radical (unpaired) electrons. The summed E-state index contributed by atoms with van der Waals surface area (Å²) in [6.07, 6.45) is 5.13. The van der Waals surface area contributed by atoms with Crippen molar-refractivity contribution in [3.8, 4) is 39.1 Å². The van der Waals surface area contributed by atoms with Crippen molar-refractivity contribution in [3.05, 3.63) is 126 Å². The normalized spacial score (nSPS) is 10.8. The molecular weight excluding hydrogens is 640 g/mol. The van der Waals surface area contributed by atoms with Crippen LogP contribution in [0.2, 0.25) is 0 Å². The van der Waals surface area contributed by atoms with E-state index < -0.39 is 11.9 Å². The van der Waals surface area contributed by atoms with E-state index in [0.29, 0.717) is 31.0 Å². The molecule has 0 unspecified atom stereocenters. The molecule has 0 fully saturated rings. The summed E-state index contributed by atoms with van der Waals surface area (Å²) in [6, 6.07) is 32.0. The summed E-state index contributed by atoms with van der Waals surface area (Å²) in [7, 11) is 3.05. The Morgan fingerprint density at radius 2 is 0.980 bits per heavy atom. The van der Waals surface area contributed by atoms with Crippen LogP contribution in [0, 0.1) is 0 Å². The molecule has 4 aromatic rings. The van der Waals surface area contributed by atoms with Crippen LogP contribution < -0.4 is 4.74 Å². The lowest BCUT2D eigenvalue weighted by atomic mass is 9.96. The van der Waals surface area contributed by atoms with Crippen molar-refractivity contribution in [2.75, 3.05) is 47.3 Å². The Morgan fingerprint density at radius 3 is 1.45 bits per heavy atom. The summed E-state index contributed by atoms with van der Waals surface area (Å²) in [5.74, 6) is 0.0488. The molecule has 0 atom stereocenters. The molecule has 51 heavy (non-hydrogen) atoms. The van der Waals surface area contributed by atoms with Gasteiger partial charge in [0.05, 0.1) is 44.2 Å². The third-order valence-corrected chi connectivity index (χ3v) is 8.41. The van der Waals surface area contributed by atoms with Gasteiger partial charge in [0, 0.05) is 19.8 Å². The van der Waals surface area contributed by atoms with Crippen LogP contribution in [0.4, 0.5) is 0 Å². The zero-order valence-electron chi connectivity index (χ0n) is 30.2. The fourth-order valence-corrected chi connectivity index (χ4v) is 5.51. The molecule has 0 aliphatic carbocycles. The number of aryl methyl sites for hydroxylation is 2. The number of unbranched alkanes of at least 4 members (excludes halogenated alkanes) is 1. The summed E-state index contributed by atoms with van der Waals surface area (Å²) in [6.45, 7) is 11.2. The lowest BCUT2D eigenvalue weighted by Gasteiger charge is -2.15. The second kappa shape index (κ2) is 20.6. The second-order valence-electron chi connectivity index (χ2n) is 12.4. The molecule has 0 N–H and O–H groups in total. The number of rotatable bonds is 21. The van der Waals surface area contributed by atoms with Crippen LogP contribution in [-0.2, 0) is 41.4 Å². The predicted octanol–water partition coefficient (Wildman–Crippen LogP) is 9.22. The van der Waals surface area contributed by atoms with Gasteiger partial charge in [-0.25, -0.2) is 9.59 Å². The van der Waals surface area contributed by atoms with E-state index in [0.717, 1.165) is 77.7 Å². The summed E-state index contributed by atoms with van der Waals surface area (Å²) in [5, 5.41) is 0. The van der Waals surface area contributed by atoms with Gasteiger partial charge in [-0.05, 0) is 77.1 Å². The van der Waals surface area contributed by atoms with E-state index in [-0.39, 0.29) is 13.2 Å². The van der Waals surface area contributed by atoms with Crippen molar-refractivity contribution in [1.29, 1.82) is 0 Å². The Balaban J connectivity index is 1.37. The van der Waals surface area contributed by atoms with Crippen LogP contribution in [0.15, 0.2) is 115 Å². The number of carbonyl (C=O) groups is 2. The third kappa shape index (κ3) is 12.1. The molecule has 0 saturated carbocycles. The maximum atomic E-state index is 11.9. The van der Waals surface area contributed by atoms with E-state index in [1.807, 2.05) is 0 Å². The van der Waals surface area contributed by atoms with Gasteiger partial charge in [-0.1, -0.05) is 111 Å². The summed E-state index contributed by atoms with van der Waals surface area (Å²) in [4.78, 5) is 23.8. The van der Waals surface area contributed by atoms with Crippen LogP contribution in [0.3, 0.4) is 0 Å². The fraction of sp³-hybridized carbons (Fsp3) is 0.318. The molecule has 7 nitrogen and oxygen atoms in total. The van der Waals surface area contributed by atoms with Gasteiger partial charge in [0.2, 0.25) is 0 Å². The van der Waals surface area contributed by atoms with Crippen molar-refractivity contribution < 1.29 is 33.3 Å². The van der Waals surface area contributed by atoms with E-state index in [1.54, 1.807) is 0 Å². The zero-order chi connectivity index (χ0) is 36.4. The molecule has 0 amide bonds. The van der Waals surface area contributed by atoms with E-state index >= 15 is 0 Å². The van der Waals surface area contributed by atoms with Gasteiger partial charge in [0.1, 0.15) is 5.75 Å². The SMILES string of the molecule is C=C(COC)C(=O)OCCCc1ccc(-c2ccc(-c3ccc(-c4ccc(CCCOC(=O)C(=C)COC)cc4)cc3OCCCC)cc2)cc1. The molecule has 0 aromatic heterocycles. The highest BCUT2D eigenvalue weighted by molar-refractivity contribution is 5.88. The predicted molar refractivity (Wildman–Crippen MR) is 204 cm³/mol. The number of hydrogen-bond donors (Lipinski definition) is 0. The molecule has 0 bridgehead atoms. The van der Waals surface area contributed by atoms with E-state index in [2.05, 4.69) is 111 Å². The number of hydrogen-bond acceptors (Lipinski definition) is 7. The monoisotopic (exact) mass is 690 g/mol. The topological polar surface area (TPSA) is 80.3 Å². The summed E-state index contributed by atoms with van der Waals surface area (Å²) in [5.41, 5.74) is 9.65. The van der Waals surface area contributed by atoms with Crippen LogP contribution in [0.1, 0.15) is 43.7 Å². The molecule has 4 aromatic carbocycles. The Bertz CT molecular complexity index is 1720. The van der Waals surface area contributed by atoms with Gasteiger partial charge < -0.3 is 23.7 Å². The number of ether oxygens (including phenoxy) is 5. The first-order valence-electron chi connectivity index (χ1n) is 17.6. The number of esters is 2. The Labute approximate surface area is 302 Å². The Morgan fingerprint density at radius 1 is 0.549 bits per heavy atom. The molecule has 0 heterocycles. The van der Waals surface area contributed by atoms with E-state index in [4.69, 9.17) is 23.7 Å². The molecule has 268 valence electrons. The van der Waals surface area contributed by atoms with Gasteiger partial charge in [-0.2, -0.15) is 0 Å².